The van der Waals surface area contributed by atoms with Crippen molar-refractivity contribution < 1.29 is 5.11 Å². The van der Waals surface area contributed by atoms with Crippen molar-refractivity contribution in [3.63, 3.8) is 0 Å². The summed E-state index contributed by atoms with van der Waals surface area (Å²) >= 11 is 0. The highest BCUT2D eigenvalue weighted by Crippen LogP contribution is 2.27. The maximum Gasteiger partial charge on any atom is 0.116 e. The van der Waals surface area contributed by atoms with Gasteiger partial charge in [0, 0.05) is 39.8 Å². The molecule has 0 fully saturated rings. The molecule has 0 radical (unpaired) electrons. The molecule has 0 aliphatic rings. The van der Waals surface area contributed by atoms with Crippen LogP contribution in [0.4, 0.5) is 11.4 Å². The van der Waals surface area contributed by atoms with Crippen molar-refractivity contribution in [2.24, 2.45) is 17.3 Å². The van der Waals surface area contributed by atoms with E-state index in [4.69, 9.17) is 0 Å². The van der Waals surface area contributed by atoms with Crippen LogP contribution in [0.15, 0.2) is 125 Å². The van der Waals surface area contributed by atoms with Crippen molar-refractivity contribution in [2.45, 2.75) is 12.8 Å². The van der Waals surface area contributed by atoms with E-state index in [0.717, 1.165) is 49.2 Å². The van der Waals surface area contributed by atoms with E-state index < -0.39 is 0 Å². The van der Waals surface area contributed by atoms with Crippen LogP contribution in [-0.4, -0.2) is 9.67 Å². The first-order valence-corrected chi connectivity index (χ1v) is 13.1. The second-order valence-electron chi connectivity index (χ2n) is 9.86. The normalized spacial score (nSPS) is 13.6. The Labute approximate surface area is 227 Å². The molecule has 6 rings (SSSR count). The van der Waals surface area contributed by atoms with E-state index in [-0.39, 0.29) is 11.7 Å². The molecule has 0 saturated heterocycles. The molecule has 6 aromatic rings. The molecule has 1 aromatic heterocycles. The zero-order chi connectivity index (χ0) is 26.8. The van der Waals surface area contributed by atoms with Crippen LogP contribution in [0.25, 0.3) is 33.8 Å². The Hall–Kier alpha value is -4.96. The monoisotopic (exact) mass is 507 g/mol. The topological polar surface area (TPSA) is 49.9 Å². The molecule has 1 unspecified atom stereocenters. The second kappa shape index (κ2) is 10.4. The number of aromatic hydroxyl groups is 1. The molecule has 5 aromatic carbocycles. The molecule has 0 aliphatic heterocycles. The summed E-state index contributed by atoms with van der Waals surface area (Å²) in [5.41, 5.74) is 5.03. The number of aryl methyl sites for hydroxylation is 1. The summed E-state index contributed by atoms with van der Waals surface area (Å²) in [5, 5.41) is 24.8. The fourth-order valence-electron chi connectivity index (χ4n) is 5.13. The van der Waals surface area contributed by atoms with Crippen molar-refractivity contribution in [1.82, 2.24) is 4.57 Å². The lowest BCUT2D eigenvalue weighted by atomic mass is 10.0. The third kappa shape index (κ3) is 4.97. The van der Waals surface area contributed by atoms with Gasteiger partial charge in [0.1, 0.15) is 5.75 Å². The third-order valence-corrected chi connectivity index (χ3v) is 7.25. The van der Waals surface area contributed by atoms with Crippen molar-refractivity contribution in [3.8, 4) is 5.75 Å². The summed E-state index contributed by atoms with van der Waals surface area (Å²) in [6.07, 6.45) is 4.47. The number of fused-ring (bicyclic) bond motifs is 2. The number of hydrogen-bond donors (Lipinski definition) is 1. The van der Waals surface area contributed by atoms with Crippen molar-refractivity contribution in [3.05, 3.63) is 137 Å². The highest BCUT2D eigenvalue weighted by molar-refractivity contribution is 5.92. The van der Waals surface area contributed by atoms with Crippen LogP contribution >= 0.6 is 0 Å². The first kappa shape index (κ1) is 24.4. The number of aromatic nitrogens is 1. The minimum absolute atomic E-state index is 0.229. The molecule has 0 spiro atoms. The lowest BCUT2D eigenvalue weighted by Gasteiger charge is -2.06. The molecule has 0 saturated carbocycles. The standard InChI is InChI=1S/C35H29N3O/c1-24(26-9-4-3-5-10-26)21-35-31(32-23-29(39)19-20-34(32)38(35)2)22-25-15-17-28(18-16-25)36-37-33-14-8-12-27-11-6-7-13-30(27)33/h3-24,39H,1-2H3/b31-22-,35-21-,37-36+. The predicted molar refractivity (Wildman–Crippen MR) is 161 cm³/mol. The smallest absolute Gasteiger partial charge is 0.116 e. The Kier molecular flexibility index (Phi) is 6.52. The molecule has 4 heteroatoms. The Morgan fingerprint density at radius 1 is 0.744 bits per heavy atom. The van der Waals surface area contributed by atoms with Crippen LogP contribution in [-0.2, 0) is 7.05 Å². The predicted octanol–water partition coefficient (Wildman–Crippen LogP) is 7.87. The number of hydrogen-bond acceptors (Lipinski definition) is 3. The molecule has 0 aliphatic carbocycles. The molecule has 1 atom stereocenters. The minimum Gasteiger partial charge on any atom is -0.508 e. The van der Waals surface area contributed by atoms with Gasteiger partial charge in [-0.1, -0.05) is 91.9 Å². The summed E-state index contributed by atoms with van der Waals surface area (Å²) in [7, 11) is 2.08. The summed E-state index contributed by atoms with van der Waals surface area (Å²) in [4.78, 5) is 0. The number of phenols is 1. The van der Waals surface area contributed by atoms with Gasteiger partial charge in [-0.3, -0.25) is 0 Å². The SMILES string of the molecule is CC(/C=c1/c(=C\c2ccc(/N=N/c3cccc4ccccc34)cc2)c2cc(O)ccc2n1C)c1ccccc1. The molecular weight excluding hydrogens is 478 g/mol. The van der Waals surface area contributed by atoms with Gasteiger partial charge < -0.3 is 9.67 Å². The molecule has 1 N–H and O–H groups in total. The van der Waals surface area contributed by atoms with E-state index in [9.17, 15) is 5.11 Å². The van der Waals surface area contributed by atoms with E-state index in [1.165, 1.54) is 5.56 Å². The largest absolute Gasteiger partial charge is 0.508 e. The van der Waals surface area contributed by atoms with E-state index >= 15 is 0 Å². The van der Waals surface area contributed by atoms with Gasteiger partial charge in [0.2, 0.25) is 0 Å². The molecule has 1 heterocycles. The van der Waals surface area contributed by atoms with Gasteiger partial charge in [0.25, 0.3) is 0 Å². The number of nitrogens with zero attached hydrogens (tertiary/aromatic N) is 3. The number of rotatable bonds is 5. The Bertz CT molecular complexity index is 1930. The highest BCUT2D eigenvalue weighted by atomic mass is 16.3. The third-order valence-electron chi connectivity index (χ3n) is 7.25. The van der Waals surface area contributed by atoms with Crippen LogP contribution in [0.5, 0.6) is 5.75 Å². The van der Waals surface area contributed by atoms with Gasteiger partial charge in [-0.2, -0.15) is 5.11 Å². The average molecular weight is 508 g/mol. The lowest BCUT2D eigenvalue weighted by molar-refractivity contribution is 0.476. The highest BCUT2D eigenvalue weighted by Gasteiger charge is 2.09. The van der Waals surface area contributed by atoms with Gasteiger partial charge in [-0.05, 0) is 59.0 Å². The maximum absolute atomic E-state index is 10.3. The molecule has 0 amide bonds. The number of benzene rings is 5. The first-order chi connectivity index (χ1) is 19.1. The van der Waals surface area contributed by atoms with Gasteiger partial charge >= 0.3 is 0 Å². The zero-order valence-electron chi connectivity index (χ0n) is 22.0. The van der Waals surface area contributed by atoms with E-state index in [2.05, 4.69) is 95.5 Å². The average Bonchev–Trinajstić information content (AvgIpc) is 3.22. The maximum atomic E-state index is 10.3. The first-order valence-electron chi connectivity index (χ1n) is 13.1. The van der Waals surface area contributed by atoms with Gasteiger partial charge in [-0.15, -0.1) is 5.11 Å². The molecule has 190 valence electrons. The van der Waals surface area contributed by atoms with Crippen molar-refractivity contribution >= 4 is 45.2 Å². The van der Waals surface area contributed by atoms with Crippen LogP contribution < -0.4 is 10.6 Å². The Morgan fingerprint density at radius 3 is 2.31 bits per heavy atom. The Balaban J connectivity index is 1.40. The van der Waals surface area contributed by atoms with E-state index in [0.29, 0.717) is 0 Å². The van der Waals surface area contributed by atoms with Crippen molar-refractivity contribution in [1.29, 1.82) is 0 Å². The quantitative estimate of drug-likeness (QED) is 0.237. The molecular formula is C35H29N3O. The zero-order valence-corrected chi connectivity index (χ0v) is 22.0. The molecule has 4 nitrogen and oxygen atoms in total. The minimum atomic E-state index is 0.229. The fourth-order valence-corrected chi connectivity index (χ4v) is 5.13. The van der Waals surface area contributed by atoms with Crippen LogP contribution in [0.1, 0.15) is 24.0 Å². The van der Waals surface area contributed by atoms with Crippen molar-refractivity contribution in [2.75, 3.05) is 0 Å². The van der Waals surface area contributed by atoms with Gasteiger partial charge in [-0.25, -0.2) is 0 Å². The number of azo groups is 1. The summed E-state index contributed by atoms with van der Waals surface area (Å²) in [5.74, 6) is 0.487. The van der Waals surface area contributed by atoms with Gasteiger partial charge in [0.05, 0.1) is 11.4 Å². The fraction of sp³-hybridized carbons (Fsp3) is 0.0857. The molecule has 39 heavy (non-hydrogen) atoms. The van der Waals surface area contributed by atoms with Gasteiger partial charge in [0.15, 0.2) is 0 Å². The molecule has 0 bridgehead atoms. The summed E-state index contributed by atoms with van der Waals surface area (Å²) in [6.45, 7) is 2.21. The summed E-state index contributed by atoms with van der Waals surface area (Å²) < 4.78 is 2.20. The number of phenolic OH excluding ortho intramolecular Hbond substituents is 1. The Morgan fingerprint density at radius 2 is 1.49 bits per heavy atom. The summed E-state index contributed by atoms with van der Waals surface area (Å²) in [6, 6.07) is 38.4. The van der Waals surface area contributed by atoms with Crippen LogP contribution in [0.3, 0.4) is 0 Å². The van der Waals surface area contributed by atoms with E-state index in [1.807, 2.05) is 54.6 Å². The lowest BCUT2D eigenvalue weighted by Crippen LogP contribution is -2.28. The second-order valence-corrected chi connectivity index (χ2v) is 9.86. The van der Waals surface area contributed by atoms with Crippen LogP contribution in [0, 0.1) is 0 Å². The van der Waals surface area contributed by atoms with E-state index in [1.54, 1.807) is 6.07 Å². The van der Waals surface area contributed by atoms with Crippen LogP contribution in [0.2, 0.25) is 0 Å².